The number of carbonyl (C=O) groups is 1. The maximum absolute atomic E-state index is 12.4. The van der Waals surface area contributed by atoms with Gasteiger partial charge >= 0.3 is 0 Å². The largest absolute Gasteiger partial charge is 0.386 e. The van der Waals surface area contributed by atoms with Crippen LogP contribution in [0.1, 0.15) is 18.1 Å². The smallest absolute Gasteiger partial charge is 0.268 e. The first-order valence-electron chi connectivity index (χ1n) is 7.57. The Morgan fingerprint density at radius 1 is 1.29 bits per heavy atom. The molecule has 2 aromatic rings. The van der Waals surface area contributed by atoms with Crippen molar-refractivity contribution in [3.8, 4) is 0 Å². The second-order valence-electron chi connectivity index (χ2n) is 5.60. The number of amides is 1. The Morgan fingerprint density at radius 3 is 2.92 bits per heavy atom. The monoisotopic (exact) mass is 362 g/mol. The molecule has 1 atom stereocenters. The van der Waals surface area contributed by atoms with E-state index >= 15 is 0 Å². The number of oxime groups is 1. The highest BCUT2D eigenvalue weighted by molar-refractivity contribution is 6.43. The average Bonchev–Trinajstić information content (AvgIpc) is 2.91. The molecule has 0 saturated heterocycles. The van der Waals surface area contributed by atoms with Gasteiger partial charge in [0.2, 0.25) is 0 Å². The summed E-state index contributed by atoms with van der Waals surface area (Å²) in [5.74, 6) is -0.123. The van der Waals surface area contributed by atoms with Crippen molar-refractivity contribution in [2.24, 2.45) is 5.16 Å². The minimum Gasteiger partial charge on any atom is -0.386 e. The predicted molar refractivity (Wildman–Crippen MR) is 97.1 cm³/mol. The number of anilines is 1. The minimum atomic E-state index is -0.132. The molecule has 0 bridgehead atoms. The van der Waals surface area contributed by atoms with Crippen LogP contribution in [-0.2, 0) is 16.1 Å². The summed E-state index contributed by atoms with van der Waals surface area (Å²) in [6, 6.07) is 13.2. The molecule has 0 aliphatic carbocycles. The molecule has 0 fully saturated rings. The van der Waals surface area contributed by atoms with Crippen LogP contribution in [-0.4, -0.2) is 24.8 Å². The molecule has 0 aromatic heterocycles. The number of hydrogen-bond donors (Lipinski definition) is 0. The number of carbonyl (C=O) groups excluding carboxylic acids is 1. The highest BCUT2D eigenvalue weighted by atomic mass is 35.5. The van der Waals surface area contributed by atoms with Crippen molar-refractivity contribution in [2.75, 3.05) is 11.5 Å². The van der Waals surface area contributed by atoms with Crippen LogP contribution < -0.4 is 4.90 Å². The van der Waals surface area contributed by atoms with E-state index < -0.39 is 0 Å². The van der Waals surface area contributed by atoms with Gasteiger partial charge in [-0.2, -0.15) is 0 Å². The normalized spacial score (nSPS) is 16.5. The van der Waals surface area contributed by atoms with Crippen LogP contribution in [0.3, 0.4) is 0 Å². The molecule has 0 unspecified atom stereocenters. The maximum Gasteiger partial charge on any atom is 0.268 e. The molecular formula is C18H16Cl2N2O2. The highest BCUT2D eigenvalue weighted by Crippen LogP contribution is 2.31. The third-order valence-electron chi connectivity index (χ3n) is 3.91. The van der Waals surface area contributed by atoms with Gasteiger partial charge < -0.3 is 9.74 Å². The van der Waals surface area contributed by atoms with E-state index in [0.717, 1.165) is 12.1 Å². The van der Waals surface area contributed by atoms with Crippen LogP contribution in [0.4, 0.5) is 5.69 Å². The van der Waals surface area contributed by atoms with Crippen molar-refractivity contribution in [2.45, 2.75) is 19.4 Å². The van der Waals surface area contributed by atoms with E-state index in [9.17, 15) is 4.79 Å². The van der Waals surface area contributed by atoms with Crippen LogP contribution >= 0.6 is 23.2 Å². The van der Waals surface area contributed by atoms with Crippen molar-refractivity contribution in [1.82, 2.24) is 0 Å². The van der Waals surface area contributed by atoms with Gasteiger partial charge in [0.05, 0.1) is 16.3 Å². The maximum atomic E-state index is 12.4. The van der Waals surface area contributed by atoms with E-state index in [2.05, 4.69) is 5.16 Å². The molecule has 0 spiro atoms. The zero-order valence-electron chi connectivity index (χ0n) is 13.1. The number of benzene rings is 2. The third kappa shape index (κ3) is 3.40. The lowest BCUT2D eigenvalue weighted by Crippen LogP contribution is -2.37. The molecule has 1 aliphatic rings. The Hall–Kier alpha value is -2.04. The topological polar surface area (TPSA) is 41.9 Å². The van der Waals surface area contributed by atoms with E-state index in [1.807, 2.05) is 31.2 Å². The Morgan fingerprint density at radius 2 is 2.08 bits per heavy atom. The first-order valence-corrected chi connectivity index (χ1v) is 8.33. The fourth-order valence-corrected chi connectivity index (χ4v) is 3.18. The quantitative estimate of drug-likeness (QED) is 0.600. The second-order valence-corrected chi connectivity index (χ2v) is 6.38. The van der Waals surface area contributed by atoms with Crippen LogP contribution in [0.15, 0.2) is 47.6 Å². The predicted octanol–water partition coefficient (Wildman–Crippen LogP) is 4.32. The molecule has 0 saturated carbocycles. The molecule has 1 aliphatic heterocycles. The Bertz CT molecular complexity index is 792. The number of halogens is 2. The molecule has 3 rings (SSSR count). The Labute approximate surface area is 150 Å². The molecule has 0 radical (unpaired) electrons. The lowest BCUT2D eigenvalue weighted by molar-refractivity contribution is -0.123. The van der Waals surface area contributed by atoms with Crippen LogP contribution in [0, 0.1) is 0 Å². The number of para-hydroxylation sites is 1. The highest BCUT2D eigenvalue weighted by Gasteiger charge is 2.30. The summed E-state index contributed by atoms with van der Waals surface area (Å²) in [6.45, 7) is 1.89. The first kappa shape index (κ1) is 16.8. The van der Waals surface area contributed by atoms with Crippen molar-refractivity contribution < 1.29 is 9.63 Å². The van der Waals surface area contributed by atoms with Crippen molar-refractivity contribution in [1.29, 1.82) is 0 Å². The van der Waals surface area contributed by atoms with E-state index in [-0.39, 0.29) is 18.6 Å². The van der Waals surface area contributed by atoms with Gasteiger partial charge in [0.1, 0.15) is 0 Å². The van der Waals surface area contributed by atoms with Gasteiger partial charge in [0, 0.05) is 17.3 Å². The van der Waals surface area contributed by atoms with E-state index in [4.69, 9.17) is 28.0 Å². The van der Waals surface area contributed by atoms with Crippen molar-refractivity contribution in [3.63, 3.8) is 0 Å². The number of hydrogen-bond acceptors (Lipinski definition) is 3. The van der Waals surface area contributed by atoms with Crippen LogP contribution in [0.2, 0.25) is 10.0 Å². The average molecular weight is 363 g/mol. The first-order chi connectivity index (χ1) is 11.6. The van der Waals surface area contributed by atoms with Gasteiger partial charge in [0.25, 0.3) is 5.91 Å². The lowest BCUT2D eigenvalue weighted by atomic mass is 10.1. The third-order valence-corrected chi connectivity index (χ3v) is 4.75. The van der Waals surface area contributed by atoms with Crippen molar-refractivity contribution in [3.05, 3.63) is 63.6 Å². The van der Waals surface area contributed by atoms with Gasteiger partial charge in [-0.15, -0.1) is 0 Å². The summed E-state index contributed by atoms with van der Waals surface area (Å²) in [5.41, 5.74) is 2.75. The minimum absolute atomic E-state index is 0.116. The summed E-state index contributed by atoms with van der Waals surface area (Å²) >= 11 is 12.0. The summed E-state index contributed by atoms with van der Waals surface area (Å²) < 4.78 is 0. The van der Waals surface area contributed by atoms with Crippen LogP contribution in [0.25, 0.3) is 0 Å². The van der Waals surface area contributed by atoms with Gasteiger partial charge in [-0.3, -0.25) is 4.79 Å². The molecule has 6 heteroatoms. The Kier molecular flexibility index (Phi) is 5.07. The summed E-state index contributed by atoms with van der Waals surface area (Å²) in [6.07, 6.45) is 2.30. The number of nitrogens with zero attached hydrogens (tertiary/aromatic N) is 2. The molecule has 0 N–H and O–H groups in total. The zero-order chi connectivity index (χ0) is 17.1. The van der Waals surface area contributed by atoms with E-state index in [0.29, 0.717) is 15.6 Å². The van der Waals surface area contributed by atoms with E-state index in [1.54, 1.807) is 23.1 Å². The lowest BCUT2D eigenvalue weighted by Gasteiger charge is -2.21. The SMILES string of the molecule is C[C@@H]1Cc2ccccc2N1C(=O)CO/N=C\c1cccc(Cl)c1Cl. The van der Waals surface area contributed by atoms with Gasteiger partial charge in [-0.05, 0) is 31.0 Å². The van der Waals surface area contributed by atoms with E-state index in [1.165, 1.54) is 11.8 Å². The molecule has 1 heterocycles. The molecule has 124 valence electrons. The van der Waals surface area contributed by atoms with Gasteiger partial charge in [-0.25, -0.2) is 0 Å². The molecule has 1 amide bonds. The fraction of sp³-hybridized carbons (Fsp3) is 0.222. The number of fused-ring (bicyclic) bond motifs is 1. The van der Waals surface area contributed by atoms with Crippen LogP contribution in [0.5, 0.6) is 0 Å². The van der Waals surface area contributed by atoms with Gasteiger partial charge in [-0.1, -0.05) is 58.7 Å². The van der Waals surface area contributed by atoms with Crippen molar-refractivity contribution >= 4 is 41.0 Å². The summed E-state index contributed by atoms with van der Waals surface area (Å²) in [5, 5.41) is 4.67. The summed E-state index contributed by atoms with van der Waals surface area (Å²) in [4.78, 5) is 19.3. The number of rotatable bonds is 4. The second kappa shape index (κ2) is 7.24. The molecular weight excluding hydrogens is 347 g/mol. The summed E-state index contributed by atoms with van der Waals surface area (Å²) in [7, 11) is 0. The fourth-order valence-electron chi connectivity index (χ4n) is 2.82. The standard InChI is InChI=1S/C18H16Cl2N2O2/c1-12-9-13-5-2-3-8-16(13)22(12)17(23)11-24-21-10-14-6-4-7-15(19)18(14)20/h2-8,10,12H,9,11H2,1H3/b21-10-/t12-/m1/s1. The molecule has 4 nitrogen and oxygen atoms in total. The molecule has 2 aromatic carbocycles. The molecule has 24 heavy (non-hydrogen) atoms. The Balaban J connectivity index is 1.62. The van der Waals surface area contributed by atoms with Gasteiger partial charge in [0.15, 0.2) is 6.61 Å². The zero-order valence-corrected chi connectivity index (χ0v) is 14.6.